The first kappa shape index (κ1) is 13.5. The van der Waals surface area contributed by atoms with E-state index in [0.29, 0.717) is 6.54 Å². The fourth-order valence-electron chi connectivity index (χ4n) is 2.19. The van der Waals surface area contributed by atoms with Gasteiger partial charge in [0.1, 0.15) is 4.92 Å². The van der Waals surface area contributed by atoms with E-state index in [-0.39, 0.29) is 11.8 Å². The first-order valence-corrected chi connectivity index (χ1v) is 6.34. The highest BCUT2D eigenvalue weighted by Crippen LogP contribution is 2.15. The molecule has 0 spiro atoms. The molecule has 0 radical (unpaired) electrons. The quantitative estimate of drug-likeness (QED) is 0.643. The number of furan rings is 1. The topological polar surface area (TPSA) is 88.6 Å². The number of nitro groups is 1. The van der Waals surface area contributed by atoms with Crippen LogP contribution in [-0.2, 0) is 0 Å². The molecule has 1 amide bonds. The molecule has 1 aliphatic heterocycles. The maximum atomic E-state index is 11.8. The van der Waals surface area contributed by atoms with Crippen LogP contribution in [0.1, 0.15) is 30.3 Å². The fraction of sp³-hybridized carbons (Fsp3) is 0.583. The number of likely N-dealkylation sites (tertiary alicyclic amines) is 1. The minimum Gasteiger partial charge on any atom is -0.395 e. The van der Waals surface area contributed by atoms with Crippen LogP contribution in [0.5, 0.6) is 0 Å². The van der Waals surface area contributed by atoms with E-state index in [4.69, 9.17) is 4.42 Å². The summed E-state index contributed by atoms with van der Waals surface area (Å²) in [5, 5.41) is 13.2. The molecule has 0 aliphatic carbocycles. The minimum atomic E-state index is -0.663. The first-order valence-electron chi connectivity index (χ1n) is 6.34. The Morgan fingerprint density at radius 1 is 1.53 bits per heavy atom. The monoisotopic (exact) mass is 267 g/mol. The second-order valence-corrected chi connectivity index (χ2v) is 4.70. The summed E-state index contributed by atoms with van der Waals surface area (Å²) in [6.07, 6.45) is 2.39. The number of amides is 1. The van der Waals surface area contributed by atoms with Gasteiger partial charge in [0, 0.05) is 12.6 Å². The van der Waals surface area contributed by atoms with E-state index in [0.717, 1.165) is 13.1 Å². The number of rotatable bonds is 5. The van der Waals surface area contributed by atoms with Gasteiger partial charge in [0.25, 0.3) is 5.91 Å². The summed E-state index contributed by atoms with van der Waals surface area (Å²) in [6.45, 7) is 4.68. The van der Waals surface area contributed by atoms with Crippen LogP contribution in [0.3, 0.4) is 0 Å². The van der Waals surface area contributed by atoms with Gasteiger partial charge in [-0.2, -0.15) is 0 Å². The summed E-state index contributed by atoms with van der Waals surface area (Å²) in [5.74, 6) is -0.864. The van der Waals surface area contributed by atoms with Crippen molar-refractivity contribution in [2.45, 2.75) is 25.8 Å². The van der Waals surface area contributed by atoms with Gasteiger partial charge in [-0.3, -0.25) is 19.8 Å². The van der Waals surface area contributed by atoms with Gasteiger partial charge >= 0.3 is 5.88 Å². The highest BCUT2D eigenvalue weighted by molar-refractivity contribution is 5.91. The molecule has 0 bridgehead atoms. The van der Waals surface area contributed by atoms with E-state index < -0.39 is 16.7 Å². The Balaban J connectivity index is 1.84. The third-order valence-electron chi connectivity index (χ3n) is 3.32. The lowest BCUT2D eigenvalue weighted by Crippen LogP contribution is -2.40. The average Bonchev–Trinajstić information content (AvgIpc) is 3.05. The molecular formula is C12H17N3O4. The fourth-order valence-corrected chi connectivity index (χ4v) is 2.19. The Bertz CT molecular complexity index is 465. The van der Waals surface area contributed by atoms with Gasteiger partial charge in [-0.05, 0) is 38.9 Å². The Labute approximate surface area is 110 Å². The Morgan fingerprint density at radius 3 is 2.79 bits per heavy atom. The molecule has 1 saturated heterocycles. The van der Waals surface area contributed by atoms with Gasteiger partial charge in [-0.25, -0.2) is 0 Å². The van der Waals surface area contributed by atoms with Crippen molar-refractivity contribution in [1.82, 2.24) is 10.2 Å². The van der Waals surface area contributed by atoms with Crippen molar-refractivity contribution in [3.05, 3.63) is 28.0 Å². The minimum absolute atomic E-state index is 0.0275. The van der Waals surface area contributed by atoms with E-state index in [1.165, 1.54) is 25.0 Å². The van der Waals surface area contributed by atoms with Gasteiger partial charge in [-0.15, -0.1) is 0 Å². The van der Waals surface area contributed by atoms with E-state index in [2.05, 4.69) is 17.1 Å². The molecule has 0 aromatic carbocycles. The second kappa shape index (κ2) is 5.83. The Morgan fingerprint density at radius 2 is 2.21 bits per heavy atom. The highest BCUT2D eigenvalue weighted by atomic mass is 16.6. The smallest absolute Gasteiger partial charge is 0.395 e. The molecule has 1 atom stereocenters. The molecular weight excluding hydrogens is 250 g/mol. The molecule has 7 heteroatoms. The van der Waals surface area contributed by atoms with Crippen LogP contribution in [0, 0.1) is 10.1 Å². The molecule has 2 rings (SSSR count). The normalized spacial score (nSPS) is 17.3. The van der Waals surface area contributed by atoms with Crippen LogP contribution in [0.4, 0.5) is 5.88 Å². The van der Waals surface area contributed by atoms with Gasteiger partial charge in [0.15, 0.2) is 5.76 Å². The van der Waals surface area contributed by atoms with Crippen molar-refractivity contribution in [1.29, 1.82) is 0 Å². The van der Waals surface area contributed by atoms with Crippen molar-refractivity contribution in [2.24, 2.45) is 0 Å². The number of nitrogens with one attached hydrogen (secondary N) is 1. The number of hydrogen-bond donors (Lipinski definition) is 1. The van der Waals surface area contributed by atoms with Crippen LogP contribution in [0.25, 0.3) is 0 Å². The van der Waals surface area contributed by atoms with E-state index in [1.54, 1.807) is 0 Å². The van der Waals surface area contributed by atoms with Crippen LogP contribution in [0.15, 0.2) is 16.5 Å². The largest absolute Gasteiger partial charge is 0.433 e. The number of nitrogens with zero attached hydrogens (tertiary/aromatic N) is 2. The van der Waals surface area contributed by atoms with Crippen molar-refractivity contribution in [3.63, 3.8) is 0 Å². The number of hydrogen-bond acceptors (Lipinski definition) is 5. The van der Waals surface area contributed by atoms with Gasteiger partial charge in [0.05, 0.1) is 6.07 Å². The summed E-state index contributed by atoms with van der Waals surface area (Å²) < 4.78 is 4.84. The molecule has 1 aromatic heterocycles. The van der Waals surface area contributed by atoms with Gasteiger partial charge < -0.3 is 9.73 Å². The van der Waals surface area contributed by atoms with Crippen LogP contribution >= 0.6 is 0 Å². The van der Waals surface area contributed by atoms with E-state index >= 15 is 0 Å². The predicted molar refractivity (Wildman–Crippen MR) is 68.0 cm³/mol. The second-order valence-electron chi connectivity index (χ2n) is 4.70. The van der Waals surface area contributed by atoms with E-state index in [9.17, 15) is 14.9 Å². The predicted octanol–water partition coefficient (Wildman–Crippen LogP) is 1.40. The first-order chi connectivity index (χ1) is 9.08. The summed E-state index contributed by atoms with van der Waals surface area (Å²) in [7, 11) is 0. The van der Waals surface area contributed by atoms with Crippen LogP contribution < -0.4 is 5.32 Å². The van der Waals surface area contributed by atoms with Gasteiger partial charge in [-0.1, -0.05) is 0 Å². The van der Waals surface area contributed by atoms with Gasteiger partial charge in [0.2, 0.25) is 0 Å². The summed E-state index contributed by atoms with van der Waals surface area (Å²) in [6, 6.07) is 2.75. The molecule has 2 heterocycles. The number of carbonyl (C=O) groups is 1. The van der Waals surface area contributed by atoms with Crippen molar-refractivity contribution >= 4 is 11.8 Å². The Hall–Kier alpha value is -1.89. The molecule has 104 valence electrons. The summed E-state index contributed by atoms with van der Waals surface area (Å²) in [5.41, 5.74) is 0. The lowest BCUT2D eigenvalue weighted by Gasteiger charge is -2.23. The average molecular weight is 267 g/mol. The molecule has 19 heavy (non-hydrogen) atoms. The highest BCUT2D eigenvalue weighted by Gasteiger charge is 2.20. The third-order valence-corrected chi connectivity index (χ3v) is 3.32. The molecule has 7 nitrogen and oxygen atoms in total. The standard InChI is InChI=1S/C12H17N3O4/c1-9(14-6-2-3-7-14)8-13-12(16)10-4-5-11(19-10)15(17)18/h4-5,9H,2-3,6-8H2,1H3,(H,13,16). The molecule has 1 aliphatic rings. The van der Waals surface area contributed by atoms with Crippen LogP contribution in [-0.4, -0.2) is 41.4 Å². The molecule has 1 aromatic rings. The van der Waals surface area contributed by atoms with Crippen molar-refractivity contribution in [2.75, 3.05) is 19.6 Å². The third kappa shape index (κ3) is 3.31. The maximum Gasteiger partial charge on any atom is 0.433 e. The van der Waals surface area contributed by atoms with E-state index in [1.807, 2.05) is 0 Å². The van der Waals surface area contributed by atoms with Crippen molar-refractivity contribution in [3.8, 4) is 0 Å². The van der Waals surface area contributed by atoms with Crippen LogP contribution in [0.2, 0.25) is 0 Å². The lowest BCUT2D eigenvalue weighted by atomic mass is 10.3. The zero-order chi connectivity index (χ0) is 13.8. The zero-order valence-corrected chi connectivity index (χ0v) is 10.8. The molecule has 1 unspecified atom stereocenters. The molecule has 0 saturated carbocycles. The zero-order valence-electron chi connectivity index (χ0n) is 10.8. The lowest BCUT2D eigenvalue weighted by molar-refractivity contribution is -0.402. The summed E-state index contributed by atoms with van der Waals surface area (Å²) >= 11 is 0. The summed E-state index contributed by atoms with van der Waals surface area (Å²) in [4.78, 5) is 23.9. The number of carbonyl (C=O) groups excluding carboxylic acids is 1. The Kier molecular flexibility index (Phi) is 4.16. The molecule has 1 N–H and O–H groups in total. The molecule has 1 fully saturated rings. The maximum absolute atomic E-state index is 11.8. The SMILES string of the molecule is CC(CNC(=O)c1ccc([N+](=O)[O-])o1)N1CCCC1. The van der Waals surface area contributed by atoms with Crippen molar-refractivity contribution < 1.29 is 14.1 Å².